The molecule has 3 atom stereocenters. The molecule has 1 saturated carbocycles. The van der Waals surface area contributed by atoms with Gasteiger partial charge in [-0.25, -0.2) is 14.4 Å². The predicted molar refractivity (Wildman–Crippen MR) is 114 cm³/mol. The molecule has 0 amide bonds. The molecule has 2 fully saturated rings. The summed E-state index contributed by atoms with van der Waals surface area (Å²) in [5, 5.41) is 1.38. The van der Waals surface area contributed by atoms with E-state index in [0.29, 0.717) is 45.5 Å². The smallest absolute Gasteiger partial charge is 0.326 e. The van der Waals surface area contributed by atoms with Gasteiger partial charge in [0.05, 0.1) is 29.0 Å². The minimum Gasteiger partial charge on any atom is -0.421 e. The van der Waals surface area contributed by atoms with Gasteiger partial charge in [0.15, 0.2) is 5.75 Å². The van der Waals surface area contributed by atoms with Crippen LogP contribution in [0.15, 0.2) is 24.5 Å². The van der Waals surface area contributed by atoms with E-state index >= 15 is 0 Å². The first-order valence-electron chi connectivity index (χ1n) is 10.2. The van der Waals surface area contributed by atoms with Gasteiger partial charge in [0.1, 0.15) is 23.1 Å². The summed E-state index contributed by atoms with van der Waals surface area (Å²) in [4.78, 5) is 23.0. The van der Waals surface area contributed by atoms with E-state index in [1.54, 1.807) is 19.3 Å². The number of aromatic amines is 1. The Morgan fingerprint density at radius 3 is 2.71 bits per heavy atom. The van der Waals surface area contributed by atoms with Crippen LogP contribution in [0, 0.1) is 18.7 Å². The third-order valence-corrected chi connectivity index (χ3v) is 6.35. The Morgan fingerprint density at radius 2 is 2.00 bits per heavy atom. The Morgan fingerprint density at radius 1 is 1.19 bits per heavy atom. The molecule has 0 spiro atoms. The first-order valence-corrected chi connectivity index (χ1v) is 10.2. The maximum atomic E-state index is 14.2. The zero-order valence-electron chi connectivity index (χ0n) is 16.8. The van der Waals surface area contributed by atoms with Crippen LogP contribution in [0.3, 0.4) is 0 Å². The highest BCUT2D eigenvalue weighted by Crippen LogP contribution is 2.43. The summed E-state index contributed by atoms with van der Waals surface area (Å²) in [5.74, 6) is 1.78. The van der Waals surface area contributed by atoms with Crippen LogP contribution < -0.4 is 21.1 Å². The number of H-pyrrole nitrogens is 1. The molecule has 31 heavy (non-hydrogen) atoms. The summed E-state index contributed by atoms with van der Waals surface area (Å²) >= 11 is 0. The second-order valence-electron chi connectivity index (χ2n) is 8.37. The van der Waals surface area contributed by atoms with E-state index in [9.17, 15) is 4.39 Å². The maximum Gasteiger partial charge on any atom is 0.326 e. The number of fused-ring (bicyclic) bond motifs is 5. The Bertz CT molecular complexity index is 1320. The zero-order valence-corrected chi connectivity index (χ0v) is 16.8. The van der Waals surface area contributed by atoms with E-state index in [-0.39, 0.29) is 18.1 Å². The van der Waals surface area contributed by atoms with Crippen molar-refractivity contribution in [2.24, 2.45) is 11.7 Å². The molecule has 3 aromatic heterocycles. The summed E-state index contributed by atoms with van der Waals surface area (Å²) < 4.78 is 20.1. The molecule has 5 N–H and O–H groups in total. The van der Waals surface area contributed by atoms with Crippen molar-refractivity contribution in [2.45, 2.75) is 31.8 Å². The van der Waals surface area contributed by atoms with Gasteiger partial charge in [0, 0.05) is 24.0 Å². The van der Waals surface area contributed by atoms with Gasteiger partial charge in [0.25, 0.3) is 0 Å². The van der Waals surface area contributed by atoms with Crippen LogP contribution in [-0.4, -0.2) is 43.5 Å². The van der Waals surface area contributed by atoms with Gasteiger partial charge in [-0.15, -0.1) is 0 Å². The fourth-order valence-electron chi connectivity index (χ4n) is 4.90. The lowest BCUT2D eigenvalue weighted by Gasteiger charge is -2.31. The van der Waals surface area contributed by atoms with Gasteiger partial charge in [0.2, 0.25) is 0 Å². The Kier molecular flexibility index (Phi) is 3.82. The summed E-state index contributed by atoms with van der Waals surface area (Å²) in [6, 6.07) is 3.40. The average Bonchev–Trinajstić information content (AvgIpc) is 3.41. The van der Waals surface area contributed by atoms with E-state index in [1.165, 1.54) is 12.1 Å². The molecular formula is C21H21FN8O. The van der Waals surface area contributed by atoms with Gasteiger partial charge in [-0.3, -0.25) is 0 Å². The van der Waals surface area contributed by atoms with Crippen LogP contribution in [0.4, 0.5) is 15.9 Å². The highest BCUT2D eigenvalue weighted by Gasteiger charge is 2.44. The molecular weight excluding hydrogens is 399 g/mol. The quantitative estimate of drug-likeness (QED) is 0.431. The molecule has 158 valence electrons. The number of nitrogen functional groups attached to an aromatic ring is 1. The third-order valence-electron chi connectivity index (χ3n) is 6.35. The van der Waals surface area contributed by atoms with E-state index in [4.69, 9.17) is 21.2 Å². The predicted octanol–water partition coefficient (Wildman–Crippen LogP) is 2.65. The molecule has 1 saturated heterocycles. The molecule has 2 bridgehead atoms. The highest BCUT2D eigenvalue weighted by molar-refractivity contribution is 6.14. The first-order chi connectivity index (χ1) is 15.0. The van der Waals surface area contributed by atoms with Crippen LogP contribution in [0.25, 0.3) is 21.9 Å². The first kappa shape index (κ1) is 18.3. The number of nitrogens with zero attached hydrogens (tertiary/aromatic N) is 5. The number of piperidine rings is 1. The second kappa shape index (κ2) is 6.48. The van der Waals surface area contributed by atoms with Crippen LogP contribution in [0.2, 0.25) is 0 Å². The lowest BCUT2D eigenvalue weighted by atomic mass is 10.0. The van der Waals surface area contributed by atoms with Crippen molar-refractivity contribution >= 4 is 33.4 Å². The van der Waals surface area contributed by atoms with Gasteiger partial charge in [-0.1, -0.05) is 0 Å². The summed E-state index contributed by atoms with van der Waals surface area (Å²) in [6.07, 6.45) is 5.07. The monoisotopic (exact) mass is 420 g/mol. The van der Waals surface area contributed by atoms with Crippen LogP contribution in [-0.2, 0) is 0 Å². The number of aryl methyl sites for hydroxylation is 1. The van der Waals surface area contributed by atoms with Crippen LogP contribution >= 0.6 is 0 Å². The van der Waals surface area contributed by atoms with Crippen molar-refractivity contribution in [1.82, 2.24) is 24.9 Å². The zero-order chi connectivity index (χ0) is 21.3. The average molecular weight is 420 g/mol. The van der Waals surface area contributed by atoms with Crippen molar-refractivity contribution in [2.75, 3.05) is 17.2 Å². The molecule has 1 aliphatic heterocycles. The fourth-order valence-corrected chi connectivity index (χ4v) is 4.90. The number of hydrogen-bond donors (Lipinski definition) is 3. The largest absolute Gasteiger partial charge is 0.421 e. The lowest BCUT2D eigenvalue weighted by molar-refractivity contribution is 0.435. The summed E-state index contributed by atoms with van der Waals surface area (Å²) in [5.41, 5.74) is 13.8. The van der Waals surface area contributed by atoms with Crippen molar-refractivity contribution in [3.8, 4) is 11.8 Å². The summed E-state index contributed by atoms with van der Waals surface area (Å²) in [6.45, 7) is 2.59. The standard InChI is InChI=1S/C21H21FN8O/c1-9-25-6-13(7-26-9)31-21-28-19-17(14-3-11(22)4-16(24)18(14)27-19)20(29-21)30-8-10-2-12(30)5-15(10)23/h3-4,6-7,10,12,15H,2,5,8,23-24H2,1H3,(H,27,28,29)/t10?,12?,15-/m0/s1. The van der Waals surface area contributed by atoms with Crippen molar-refractivity contribution < 1.29 is 9.13 Å². The minimum atomic E-state index is -0.404. The maximum absolute atomic E-state index is 14.2. The Balaban J connectivity index is 1.54. The van der Waals surface area contributed by atoms with Crippen molar-refractivity contribution in [1.29, 1.82) is 0 Å². The normalized spacial score (nSPS) is 22.7. The van der Waals surface area contributed by atoms with Gasteiger partial charge >= 0.3 is 6.01 Å². The molecule has 4 heterocycles. The molecule has 1 aromatic carbocycles. The SMILES string of the molecule is Cc1ncc(Oc2nc(N3CC4CC3C[C@@H]4N)c3c(n2)[nH]c2c(N)cc(F)cc23)cn1. The molecule has 2 aliphatic rings. The molecule has 9 nitrogen and oxygen atoms in total. The molecule has 0 radical (unpaired) electrons. The Hall–Kier alpha value is -3.53. The molecule has 4 aromatic rings. The van der Waals surface area contributed by atoms with Crippen molar-refractivity contribution in [3.05, 3.63) is 36.2 Å². The van der Waals surface area contributed by atoms with E-state index < -0.39 is 5.82 Å². The van der Waals surface area contributed by atoms with E-state index in [1.807, 2.05) is 0 Å². The number of nitrogens with two attached hydrogens (primary N) is 2. The number of rotatable bonds is 3. The Labute approximate surface area is 176 Å². The number of halogens is 1. The number of nitrogens with one attached hydrogen (secondary N) is 1. The summed E-state index contributed by atoms with van der Waals surface area (Å²) in [7, 11) is 0. The van der Waals surface area contributed by atoms with Gasteiger partial charge in [-0.05, 0) is 37.8 Å². The van der Waals surface area contributed by atoms with Gasteiger partial charge < -0.3 is 26.1 Å². The number of ether oxygens (including phenoxy) is 1. The fraction of sp³-hybridized carbons (Fsp3) is 0.333. The molecule has 10 heteroatoms. The number of hydrogen-bond acceptors (Lipinski definition) is 8. The second-order valence-corrected chi connectivity index (χ2v) is 8.37. The number of anilines is 2. The lowest BCUT2D eigenvalue weighted by Crippen LogP contribution is -2.41. The minimum absolute atomic E-state index is 0.160. The number of benzene rings is 1. The third kappa shape index (κ3) is 2.86. The van der Waals surface area contributed by atoms with Gasteiger partial charge in [-0.2, -0.15) is 9.97 Å². The molecule has 6 rings (SSSR count). The molecule has 2 unspecified atom stereocenters. The van der Waals surface area contributed by atoms with Crippen LogP contribution in [0.5, 0.6) is 11.8 Å². The van der Waals surface area contributed by atoms with Crippen molar-refractivity contribution in [3.63, 3.8) is 0 Å². The number of aromatic nitrogens is 5. The van der Waals surface area contributed by atoms with E-state index in [2.05, 4.69) is 24.8 Å². The van der Waals surface area contributed by atoms with E-state index in [0.717, 1.165) is 24.8 Å². The van der Waals surface area contributed by atoms with Crippen LogP contribution in [0.1, 0.15) is 18.7 Å². The highest BCUT2D eigenvalue weighted by atomic mass is 19.1. The topological polar surface area (TPSA) is 132 Å². The molecule has 1 aliphatic carbocycles.